The predicted octanol–water partition coefficient (Wildman–Crippen LogP) is 4.71. The summed E-state index contributed by atoms with van der Waals surface area (Å²) in [4.78, 5) is 15.6. The third kappa shape index (κ3) is 5.02. The molecule has 7 nitrogen and oxygen atoms in total. The molecule has 1 aliphatic rings. The molecule has 1 aromatic carbocycles. The SMILES string of the molecule is Cc1ccc(-n2ccc(C)n2)c(C(=O)N2CCC[C@@H](C)[C@H]2CNc2nnc(C(F)(F)F)s2)c1. The first kappa shape index (κ1) is 23.2. The highest BCUT2D eigenvalue weighted by atomic mass is 32.1. The van der Waals surface area contributed by atoms with Crippen molar-refractivity contribution >= 4 is 22.4 Å². The molecule has 1 N–H and O–H groups in total. The van der Waals surface area contributed by atoms with Gasteiger partial charge in [0.05, 0.1) is 23.0 Å². The van der Waals surface area contributed by atoms with Gasteiger partial charge in [-0.05, 0) is 50.8 Å². The molecular formula is C22H25F3N6OS. The molecule has 4 rings (SSSR count). The third-order valence-corrected chi connectivity index (χ3v) is 6.78. The Labute approximate surface area is 193 Å². The molecule has 33 heavy (non-hydrogen) atoms. The molecule has 0 saturated carbocycles. The van der Waals surface area contributed by atoms with Crippen molar-refractivity contribution in [3.8, 4) is 5.69 Å². The maximum absolute atomic E-state index is 13.7. The lowest BCUT2D eigenvalue weighted by molar-refractivity contribution is -0.138. The number of aromatic nitrogens is 4. The Balaban J connectivity index is 1.58. The third-order valence-electron chi connectivity index (χ3n) is 5.86. The van der Waals surface area contributed by atoms with Crippen LogP contribution in [0.5, 0.6) is 0 Å². The van der Waals surface area contributed by atoms with Crippen LogP contribution in [0.25, 0.3) is 5.69 Å². The van der Waals surface area contributed by atoms with E-state index in [0.717, 1.165) is 24.1 Å². The van der Waals surface area contributed by atoms with Crippen molar-refractivity contribution in [1.82, 2.24) is 24.9 Å². The number of nitrogens with zero attached hydrogens (tertiary/aromatic N) is 5. The van der Waals surface area contributed by atoms with Crippen molar-refractivity contribution < 1.29 is 18.0 Å². The molecule has 1 aliphatic heterocycles. The molecule has 2 atom stereocenters. The van der Waals surface area contributed by atoms with Gasteiger partial charge in [0, 0.05) is 19.3 Å². The van der Waals surface area contributed by atoms with Gasteiger partial charge in [-0.3, -0.25) is 4.79 Å². The number of hydrogen-bond acceptors (Lipinski definition) is 6. The number of alkyl halides is 3. The number of nitrogens with one attached hydrogen (secondary N) is 1. The van der Waals surface area contributed by atoms with Crippen LogP contribution in [0.3, 0.4) is 0 Å². The van der Waals surface area contributed by atoms with Crippen LogP contribution in [0.4, 0.5) is 18.3 Å². The Morgan fingerprint density at radius 3 is 2.70 bits per heavy atom. The van der Waals surface area contributed by atoms with Crippen LogP contribution in [0.1, 0.15) is 46.4 Å². The summed E-state index contributed by atoms with van der Waals surface area (Å²) in [6.07, 6.45) is -0.909. The average molecular weight is 479 g/mol. The van der Waals surface area contributed by atoms with Crippen LogP contribution in [-0.4, -0.2) is 49.9 Å². The second-order valence-corrected chi connectivity index (χ2v) is 9.38. The Kier molecular flexibility index (Phi) is 6.42. The summed E-state index contributed by atoms with van der Waals surface area (Å²) in [5, 5.41) is 13.4. The smallest absolute Gasteiger partial charge is 0.358 e. The van der Waals surface area contributed by atoms with Crippen molar-refractivity contribution in [2.75, 3.05) is 18.4 Å². The molecule has 1 amide bonds. The van der Waals surface area contributed by atoms with E-state index in [0.29, 0.717) is 35.7 Å². The number of aryl methyl sites for hydroxylation is 2. The van der Waals surface area contributed by atoms with E-state index in [9.17, 15) is 18.0 Å². The molecule has 11 heteroatoms. The van der Waals surface area contributed by atoms with Crippen molar-refractivity contribution in [2.24, 2.45) is 5.92 Å². The highest BCUT2D eigenvalue weighted by Gasteiger charge is 2.37. The van der Waals surface area contributed by atoms with E-state index >= 15 is 0 Å². The van der Waals surface area contributed by atoms with Gasteiger partial charge in [-0.2, -0.15) is 18.3 Å². The van der Waals surface area contributed by atoms with Gasteiger partial charge in [-0.1, -0.05) is 29.9 Å². The second-order valence-electron chi connectivity index (χ2n) is 8.40. The van der Waals surface area contributed by atoms with E-state index in [2.05, 4.69) is 27.5 Å². The van der Waals surface area contributed by atoms with E-state index in [1.807, 2.05) is 49.2 Å². The summed E-state index contributed by atoms with van der Waals surface area (Å²) in [6.45, 7) is 6.74. The van der Waals surface area contributed by atoms with Crippen molar-refractivity contribution in [3.63, 3.8) is 0 Å². The van der Waals surface area contributed by atoms with E-state index in [4.69, 9.17) is 0 Å². The van der Waals surface area contributed by atoms with Crippen LogP contribution in [0, 0.1) is 19.8 Å². The van der Waals surface area contributed by atoms with Crippen LogP contribution in [-0.2, 0) is 6.18 Å². The number of carbonyl (C=O) groups excluding carboxylic acids is 1. The molecule has 0 unspecified atom stereocenters. The number of carbonyl (C=O) groups is 1. The fourth-order valence-electron chi connectivity index (χ4n) is 4.14. The van der Waals surface area contributed by atoms with Gasteiger partial charge in [-0.15, -0.1) is 10.2 Å². The highest BCUT2D eigenvalue weighted by Crippen LogP contribution is 2.33. The molecule has 0 spiro atoms. The molecule has 1 fully saturated rings. The monoisotopic (exact) mass is 478 g/mol. The number of likely N-dealkylation sites (tertiary alicyclic amines) is 1. The Morgan fingerprint density at radius 1 is 1.24 bits per heavy atom. The minimum absolute atomic E-state index is 0.0933. The molecule has 0 radical (unpaired) electrons. The van der Waals surface area contributed by atoms with E-state index in [-0.39, 0.29) is 23.0 Å². The molecule has 3 aromatic rings. The predicted molar refractivity (Wildman–Crippen MR) is 120 cm³/mol. The van der Waals surface area contributed by atoms with Gasteiger partial charge in [0.25, 0.3) is 5.91 Å². The summed E-state index contributed by atoms with van der Waals surface area (Å²) in [5.41, 5.74) is 3.05. The lowest BCUT2D eigenvalue weighted by Gasteiger charge is -2.40. The van der Waals surface area contributed by atoms with Gasteiger partial charge in [0.1, 0.15) is 0 Å². The van der Waals surface area contributed by atoms with Gasteiger partial charge in [0.15, 0.2) is 0 Å². The second kappa shape index (κ2) is 9.12. The topological polar surface area (TPSA) is 75.9 Å². The quantitative estimate of drug-likeness (QED) is 0.575. The fourth-order valence-corrected chi connectivity index (χ4v) is 4.76. The molecule has 0 bridgehead atoms. The zero-order chi connectivity index (χ0) is 23.8. The number of piperidine rings is 1. The summed E-state index contributed by atoms with van der Waals surface area (Å²) in [7, 11) is 0. The molecule has 176 valence electrons. The maximum Gasteiger partial charge on any atom is 0.445 e. The molecule has 3 heterocycles. The van der Waals surface area contributed by atoms with Crippen molar-refractivity contribution in [1.29, 1.82) is 0 Å². The molecule has 2 aromatic heterocycles. The highest BCUT2D eigenvalue weighted by molar-refractivity contribution is 7.15. The minimum Gasteiger partial charge on any atom is -0.358 e. The maximum atomic E-state index is 13.7. The Bertz CT molecular complexity index is 1140. The number of hydrogen-bond donors (Lipinski definition) is 1. The lowest BCUT2D eigenvalue weighted by Crippen LogP contribution is -2.51. The normalized spacial score (nSPS) is 19.0. The van der Waals surface area contributed by atoms with Crippen molar-refractivity contribution in [2.45, 2.75) is 45.8 Å². The summed E-state index contributed by atoms with van der Waals surface area (Å²) in [6, 6.07) is 7.36. The number of anilines is 1. The average Bonchev–Trinajstić information content (AvgIpc) is 3.41. The van der Waals surface area contributed by atoms with Crippen molar-refractivity contribution in [3.05, 3.63) is 52.3 Å². The van der Waals surface area contributed by atoms with Gasteiger partial charge < -0.3 is 10.2 Å². The summed E-state index contributed by atoms with van der Waals surface area (Å²) < 4.78 is 40.2. The van der Waals surface area contributed by atoms with Crippen LogP contribution in [0.15, 0.2) is 30.5 Å². The number of benzene rings is 1. The Hall–Kier alpha value is -2.95. The zero-order valence-electron chi connectivity index (χ0n) is 18.6. The molecular weight excluding hydrogens is 453 g/mol. The van der Waals surface area contributed by atoms with Gasteiger partial charge in [-0.25, -0.2) is 4.68 Å². The first-order valence-electron chi connectivity index (χ1n) is 10.7. The van der Waals surface area contributed by atoms with Crippen LogP contribution in [0.2, 0.25) is 0 Å². The van der Waals surface area contributed by atoms with Gasteiger partial charge in [0.2, 0.25) is 10.1 Å². The van der Waals surface area contributed by atoms with E-state index < -0.39 is 11.2 Å². The number of halogens is 3. The zero-order valence-corrected chi connectivity index (χ0v) is 19.4. The van der Waals surface area contributed by atoms with Crippen LogP contribution >= 0.6 is 11.3 Å². The minimum atomic E-state index is -4.52. The van der Waals surface area contributed by atoms with E-state index in [1.54, 1.807) is 4.68 Å². The fraction of sp³-hybridized carbons (Fsp3) is 0.455. The summed E-state index contributed by atoms with van der Waals surface area (Å²) >= 11 is 0.466. The lowest BCUT2D eigenvalue weighted by atomic mass is 9.90. The largest absolute Gasteiger partial charge is 0.445 e. The molecule has 1 saturated heterocycles. The van der Waals surface area contributed by atoms with E-state index in [1.165, 1.54) is 0 Å². The van der Waals surface area contributed by atoms with Crippen LogP contribution < -0.4 is 5.32 Å². The summed E-state index contributed by atoms with van der Waals surface area (Å²) in [5.74, 6) is 0.0545. The number of rotatable bonds is 5. The molecule has 0 aliphatic carbocycles. The number of amides is 1. The first-order chi connectivity index (χ1) is 15.6. The Morgan fingerprint density at radius 2 is 2.03 bits per heavy atom. The standard InChI is InChI=1S/C22H25F3N6OS/c1-13-6-7-17(31-10-8-15(3)29-31)16(11-13)19(32)30-9-4-5-14(2)18(30)12-26-21-28-27-20(33-21)22(23,24)25/h6-8,10-11,14,18H,4-5,9,12H2,1-3H3,(H,26,28)/t14-,18-/m1/s1. The first-order valence-corrected chi connectivity index (χ1v) is 11.5. The van der Waals surface area contributed by atoms with Gasteiger partial charge >= 0.3 is 6.18 Å².